The van der Waals surface area contributed by atoms with Crippen molar-refractivity contribution in [2.45, 2.75) is 39.8 Å². The molecule has 1 aromatic carbocycles. The predicted octanol–water partition coefficient (Wildman–Crippen LogP) is 3.20. The summed E-state index contributed by atoms with van der Waals surface area (Å²) in [5.41, 5.74) is 2.54. The first-order valence-corrected chi connectivity index (χ1v) is 7.67. The van der Waals surface area contributed by atoms with Crippen molar-refractivity contribution in [2.24, 2.45) is 0 Å². The van der Waals surface area contributed by atoms with E-state index in [2.05, 4.69) is 55.5 Å². The lowest BCUT2D eigenvalue weighted by molar-refractivity contribution is 0.305. The van der Waals surface area contributed by atoms with Gasteiger partial charge < -0.3 is 10.1 Å². The molecule has 0 amide bonds. The molecular weight excluding hydrogens is 262 g/mol. The van der Waals surface area contributed by atoms with Crippen LogP contribution in [0.4, 0.5) is 0 Å². The molecule has 0 fully saturated rings. The second-order valence-electron chi connectivity index (χ2n) is 5.27. The maximum absolute atomic E-state index is 5.74. The van der Waals surface area contributed by atoms with Crippen molar-refractivity contribution in [1.82, 2.24) is 15.1 Å². The van der Waals surface area contributed by atoms with Gasteiger partial charge in [0.05, 0.1) is 12.4 Å². The summed E-state index contributed by atoms with van der Waals surface area (Å²) in [5.74, 6) is 1.35. The summed E-state index contributed by atoms with van der Waals surface area (Å²) in [4.78, 5) is 0. The number of nitrogens with one attached hydrogen (secondary N) is 1. The van der Waals surface area contributed by atoms with Gasteiger partial charge in [-0.2, -0.15) is 5.10 Å². The van der Waals surface area contributed by atoms with Crippen molar-refractivity contribution in [1.29, 1.82) is 0 Å². The van der Waals surface area contributed by atoms with Gasteiger partial charge in [0.1, 0.15) is 6.61 Å². The summed E-state index contributed by atoms with van der Waals surface area (Å²) < 4.78 is 7.61. The molecule has 0 aliphatic heterocycles. The Morgan fingerprint density at radius 3 is 2.62 bits per heavy atom. The molecule has 0 bridgehead atoms. The molecule has 114 valence electrons. The van der Waals surface area contributed by atoms with Crippen LogP contribution in [0.2, 0.25) is 0 Å². The standard InChI is InChI=1S/C17H25N3O/c1-4-18-10-14(3)16-8-6-15(7-9-16)13-21-17-11-19-20(5-2)12-17/h6-9,11-12,14,18H,4-5,10,13H2,1-3H3. The van der Waals surface area contributed by atoms with E-state index in [1.807, 2.05) is 10.9 Å². The average Bonchev–Trinajstić information content (AvgIpc) is 2.99. The van der Waals surface area contributed by atoms with Gasteiger partial charge in [0.2, 0.25) is 0 Å². The highest BCUT2D eigenvalue weighted by Crippen LogP contribution is 2.16. The van der Waals surface area contributed by atoms with Gasteiger partial charge in [-0.15, -0.1) is 0 Å². The highest BCUT2D eigenvalue weighted by Gasteiger charge is 2.05. The number of benzene rings is 1. The maximum atomic E-state index is 5.74. The summed E-state index contributed by atoms with van der Waals surface area (Å²) in [6.07, 6.45) is 3.68. The molecule has 1 unspecified atom stereocenters. The van der Waals surface area contributed by atoms with Gasteiger partial charge >= 0.3 is 0 Å². The Balaban J connectivity index is 1.87. The van der Waals surface area contributed by atoms with Crippen molar-refractivity contribution in [3.63, 3.8) is 0 Å². The number of nitrogens with zero attached hydrogens (tertiary/aromatic N) is 2. The van der Waals surface area contributed by atoms with Crippen molar-refractivity contribution < 1.29 is 4.74 Å². The molecule has 2 aromatic rings. The van der Waals surface area contributed by atoms with Crippen LogP contribution in [0.25, 0.3) is 0 Å². The number of hydrogen-bond acceptors (Lipinski definition) is 3. The molecule has 0 aliphatic carbocycles. The molecule has 1 aromatic heterocycles. The maximum Gasteiger partial charge on any atom is 0.157 e. The minimum Gasteiger partial charge on any atom is -0.486 e. The largest absolute Gasteiger partial charge is 0.486 e. The van der Waals surface area contributed by atoms with E-state index in [1.54, 1.807) is 6.20 Å². The van der Waals surface area contributed by atoms with Gasteiger partial charge in [-0.05, 0) is 30.5 Å². The summed E-state index contributed by atoms with van der Waals surface area (Å²) in [5, 5.41) is 7.58. The summed E-state index contributed by atoms with van der Waals surface area (Å²) in [7, 11) is 0. The Morgan fingerprint density at radius 1 is 1.24 bits per heavy atom. The molecule has 21 heavy (non-hydrogen) atoms. The molecule has 0 saturated heterocycles. The number of ether oxygens (including phenoxy) is 1. The average molecular weight is 287 g/mol. The highest BCUT2D eigenvalue weighted by atomic mass is 16.5. The number of aromatic nitrogens is 2. The fourth-order valence-electron chi connectivity index (χ4n) is 2.18. The molecular formula is C17H25N3O. The molecule has 2 rings (SSSR count). The van der Waals surface area contributed by atoms with E-state index in [4.69, 9.17) is 4.74 Å². The van der Waals surface area contributed by atoms with Gasteiger partial charge in [0.25, 0.3) is 0 Å². The fraction of sp³-hybridized carbons (Fsp3) is 0.471. The predicted molar refractivity (Wildman–Crippen MR) is 85.6 cm³/mol. The van der Waals surface area contributed by atoms with Crippen LogP contribution in [0.1, 0.15) is 37.8 Å². The molecule has 4 heteroatoms. The van der Waals surface area contributed by atoms with Gasteiger partial charge in [0.15, 0.2) is 5.75 Å². The summed E-state index contributed by atoms with van der Waals surface area (Å²) in [6.45, 7) is 9.91. The number of rotatable bonds is 8. The fourth-order valence-corrected chi connectivity index (χ4v) is 2.18. The van der Waals surface area contributed by atoms with Crippen LogP contribution in [0.3, 0.4) is 0 Å². The van der Waals surface area contributed by atoms with Crippen LogP contribution in [-0.4, -0.2) is 22.9 Å². The molecule has 1 N–H and O–H groups in total. The Morgan fingerprint density at radius 2 is 2.00 bits per heavy atom. The first-order chi connectivity index (χ1) is 10.2. The van der Waals surface area contributed by atoms with E-state index in [0.717, 1.165) is 25.4 Å². The summed E-state index contributed by atoms with van der Waals surface area (Å²) >= 11 is 0. The SMILES string of the molecule is CCNCC(C)c1ccc(COc2cnn(CC)c2)cc1. The molecule has 0 spiro atoms. The van der Waals surface area contributed by atoms with Gasteiger partial charge in [0, 0.05) is 13.1 Å². The van der Waals surface area contributed by atoms with E-state index in [-0.39, 0.29) is 0 Å². The van der Waals surface area contributed by atoms with Crippen LogP contribution < -0.4 is 10.1 Å². The molecule has 0 aliphatic rings. The van der Waals surface area contributed by atoms with E-state index >= 15 is 0 Å². The molecule has 1 atom stereocenters. The lowest BCUT2D eigenvalue weighted by Crippen LogP contribution is -2.19. The van der Waals surface area contributed by atoms with Gasteiger partial charge in [-0.25, -0.2) is 0 Å². The third-order valence-electron chi connectivity index (χ3n) is 3.59. The monoisotopic (exact) mass is 287 g/mol. The van der Waals surface area contributed by atoms with E-state index < -0.39 is 0 Å². The minimum absolute atomic E-state index is 0.530. The zero-order chi connectivity index (χ0) is 15.1. The normalized spacial score (nSPS) is 12.3. The summed E-state index contributed by atoms with van der Waals surface area (Å²) in [6, 6.07) is 8.66. The number of likely N-dealkylation sites (N-methyl/N-ethyl adjacent to an activating group) is 1. The Kier molecular flexibility index (Phi) is 5.81. The van der Waals surface area contributed by atoms with E-state index in [1.165, 1.54) is 11.1 Å². The lowest BCUT2D eigenvalue weighted by atomic mass is 10.00. The minimum atomic E-state index is 0.530. The molecule has 0 radical (unpaired) electrons. The topological polar surface area (TPSA) is 39.1 Å². The second-order valence-corrected chi connectivity index (χ2v) is 5.27. The quantitative estimate of drug-likeness (QED) is 0.810. The van der Waals surface area contributed by atoms with Crippen molar-refractivity contribution >= 4 is 0 Å². The van der Waals surface area contributed by atoms with Crippen LogP contribution in [0.5, 0.6) is 5.75 Å². The van der Waals surface area contributed by atoms with E-state index in [0.29, 0.717) is 12.5 Å². The Hall–Kier alpha value is -1.81. The molecule has 1 heterocycles. The highest BCUT2D eigenvalue weighted by molar-refractivity contribution is 5.25. The molecule has 0 saturated carbocycles. The van der Waals surface area contributed by atoms with E-state index in [9.17, 15) is 0 Å². The van der Waals surface area contributed by atoms with Crippen molar-refractivity contribution in [3.05, 3.63) is 47.8 Å². The van der Waals surface area contributed by atoms with Crippen LogP contribution in [0.15, 0.2) is 36.7 Å². The third-order valence-corrected chi connectivity index (χ3v) is 3.59. The zero-order valence-corrected chi connectivity index (χ0v) is 13.2. The first-order valence-electron chi connectivity index (χ1n) is 7.67. The smallest absolute Gasteiger partial charge is 0.157 e. The number of hydrogen-bond donors (Lipinski definition) is 1. The van der Waals surface area contributed by atoms with Crippen LogP contribution in [-0.2, 0) is 13.2 Å². The lowest BCUT2D eigenvalue weighted by Gasteiger charge is -2.13. The Labute approximate surface area is 127 Å². The first kappa shape index (κ1) is 15.6. The van der Waals surface area contributed by atoms with Gasteiger partial charge in [-0.3, -0.25) is 4.68 Å². The van der Waals surface area contributed by atoms with Crippen molar-refractivity contribution in [3.8, 4) is 5.75 Å². The Bertz CT molecular complexity index is 533. The third kappa shape index (κ3) is 4.60. The molecule has 4 nitrogen and oxygen atoms in total. The van der Waals surface area contributed by atoms with Gasteiger partial charge in [-0.1, -0.05) is 38.1 Å². The van der Waals surface area contributed by atoms with Crippen molar-refractivity contribution in [2.75, 3.05) is 13.1 Å². The second kappa shape index (κ2) is 7.84. The van der Waals surface area contributed by atoms with Crippen LogP contribution in [0, 0.1) is 0 Å². The number of aryl methyl sites for hydroxylation is 1. The van der Waals surface area contributed by atoms with Crippen LogP contribution >= 0.6 is 0 Å². The zero-order valence-electron chi connectivity index (χ0n) is 13.2.